The Hall–Kier alpha value is -3.87. The van der Waals surface area contributed by atoms with Crippen molar-refractivity contribution in [3.63, 3.8) is 0 Å². The van der Waals surface area contributed by atoms with Gasteiger partial charge in [-0.05, 0) is 74.6 Å². The van der Waals surface area contributed by atoms with Gasteiger partial charge in [-0.1, -0.05) is 37.3 Å². The first-order valence-electron chi connectivity index (χ1n) is 15.3. The number of carbonyl (C=O) groups is 3. The second-order valence-electron chi connectivity index (χ2n) is 12.0. The van der Waals surface area contributed by atoms with Gasteiger partial charge in [-0.3, -0.25) is 19.3 Å². The monoisotopic (exact) mass is 586 g/mol. The lowest BCUT2D eigenvalue weighted by atomic mass is 9.77. The zero-order valence-electron chi connectivity index (χ0n) is 25.2. The summed E-state index contributed by atoms with van der Waals surface area (Å²) in [5.74, 6) is 6.86. The molecule has 228 valence electrons. The van der Waals surface area contributed by atoms with E-state index in [-0.39, 0.29) is 30.7 Å². The van der Waals surface area contributed by atoms with Crippen LogP contribution in [0.4, 0.5) is 0 Å². The van der Waals surface area contributed by atoms with Gasteiger partial charge in [0.25, 0.3) is 5.91 Å². The highest BCUT2D eigenvalue weighted by Gasteiger charge is 2.54. The molecule has 0 radical (unpaired) electrons. The Labute approximate surface area is 254 Å². The largest absolute Gasteiger partial charge is 0.457 e. The van der Waals surface area contributed by atoms with Crippen LogP contribution in [0.2, 0.25) is 0 Å². The smallest absolute Gasteiger partial charge is 0.251 e. The molecule has 1 aliphatic carbocycles. The molecule has 2 aromatic carbocycles. The molecule has 2 aromatic rings. The van der Waals surface area contributed by atoms with E-state index in [1.807, 2.05) is 24.3 Å². The Balaban J connectivity index is 1.19. The van der Waals surface area contributed by atoms with Crippen LogP contribution in [0.3, 0.4) is 0 Å². The zero-order valence-corrected chi connectivity index (χ0v) is 25.2. The van der Waals surface area contributed by atoms with E-state index in [4.69, 9.17) is 4.74 Å². The maximum atomic E-state index is 13.8. The average molecular weight is 587 g/mol. The summed E-state index contributed by atoms with van der Waals surface area (Å²) in [6.45, 7) is 4.01. The van der Waals surface area contributed by atoms with E-state index >= 15 is 0 Å². The van der Waals surface area contributed by atoms with Crippen molar-refractivity contribution in [1.29, 1.82) is 0 Å². The number of benzene rings is 2. The molecule has 2 aliphatic heterocycles. The first-order chi connectivity index (χ1) is 20.7. The van der Waals surface area contributed by atoms with E-state index in [0.29, 0.717) is 55.8 Å². The van der Waals surface area contributed by atoms with E-state index in [2.05, 4.69) is 27.4 Å². The first kappa shape index (κ1) is 30.6. The van der Waals surface area contributed by atoms with Crippen LogP contribution in [0.15, 0.2) is 48.5 Å². The summed E-state index contributed by atoms with van der Waals surface area (Å²) in [6.07, 6.45) is 5.64. The van der Waals surface area contributed by atoms with Gasteiger partial charge in [0.1, 0.15) is 23.1 Å². The first-order valence-corrected chi connectivity index (χ1v) is 15.3. The van der Waals surface area contributed by atoms with Gasteiger partial charge in [-0.25, -0.2) is 0 Å². The van der Waals surface area contributed by atoms with Crippen LogP contribution in [0, 0.1) is 11.8 Å². The van der Waals surface area contributed by atoms with Gasteiger partial charge in [-0.15, -0.1) is 5.92 Å². The van der Waals surface area contributed by atoms with Gasteiger partial charge in [-0.2, -0.15) is 0 Å². The number of nitrogens with one attached hydrogen (secondary N) is 2. The summed E-state index contributed by atoms with van der Waals surface area (Å²) in [5.41, 5.74) is -0.131. The number of ether oxygens (including phenoxy) is 1. The molecule has 3 amide bonds. The van der Waals surface area contributed by atoms with Crippen LogP contribution in [0.25, 0.3) is 0 Å². The summed E-state index contributed by atoms with van der Waals surface area (Å²) in [7, 11) is 1.60. The lowest BCUT2D eigenvalue weighted by Crippen LogP contribution is -2.73. The molecule has 0 bridgehead atoms. The van der Waals surface area contributed by atoms with Gasteiger partial charge in [0.15, 0.2) is 0 Å². The quantitative estimate of drug-likeness (QED) is 0.408. The molecule has 3 aliphatic rings. The number of nitrogens with zero attached hydrogens (tertiary/aromatic N) is 2. The molecule has 2 saturated heterocycles. The molecule has 3 fully saturated rings. The second kappa shape index (κ2) is 13.2. The van der Waals surface area contributed by atoms with Crippen molar-refractivity contribution in [2.45, 2.75) is 82.0 Å². The lowest BCUT2D eigenvalue weighted by molar-refractivity contribution is -0.162. The normalized spacial score (nSPS) is 21.5. The lowest BCUT2D eigenvalue weighted by Gasteiger charge is -2.51. The Morgan fingerprint density at radius 1 is 1.00 bits per heavy atom. The van der Waals surface area contributed by atoms with Crippen LogP contribution in [0.1, 0.15) is 74.2 Å². The third-order valence-corrected chi connectivity index (χ3v) is 9.18. The fourth-order valence-corrected chi connectivity index (χ4v) is 6.65. The minimum absolute atomic E-state index is 0.126. The molecular weight excluding hydrogens is 544 g/mol. The molecule has 9 nitrogen and oxygen atoms in total. The number of piperidine rings is 1. The van der Waals surface area contributed by atoms with Crippen LogP contribution in [0.5, 0.6) is 11.5 Å². The molecule has 5 rings (SSSR count). The predicted molar refractivity (Wildman–Crippen MR) is 163 cm³/mol. The minimum atomic E-state index is -0.922. The third-order valence-electron chi connectivity index (χ3n) is 9.18. The number of hydrogen-bond acceptors (Lipinski definition) is 6. The summed E-state index contributed by atoms with van der Waals surface area (Å²) in [5, 5.41) is 16.7. The van der Waals surface area contributed by atoms with E-state index in [9.17, 15) is 19.5 Å². The molecule has 1 atom stereocenters. The van der Waals surface area contributed by atoms with Crippen molar-refractivity contribution in [1.82, 2.24) is 20.4 Å². The topological polar surface area (TPSA) is 111 Å². The van der Waals surface area contributed by atoms with Gasteiger partial charge >= 0.3 is 0 Å². The number of rotatable bonds is 8. The van der Waals surface area contributed by atoms with Gasteiger partial charge in [0, 0.05) is 38.7 Å². The molecule has 43 heavy (non-hydrogen) atoms. The highest BCUT2D eigenvalue weighted by molar-refractivity contribution is 6.00. The van der Waals surface area contributed by atoms with Crippen molar-refractivity contribution < 1.29 is 24.2 Å². The molecule has 3 N–H and O–H groups in total. The van der Waals surface area contributed by atoms with Crippen molar-refractivity contribution >= 4 is 17.7 Å². The number of aliphatic hydroxyl groups is 1. The average Bonchev–Trinajstić information content (AvgIpc) is 3.02. The third kappa shape index (κ3) is 6.87. The van der Waals surface area contributed by atoms with Gasteiger partial charge in [0.2, 0.25) is 11.8 Å². The van der Waals surface area contributed by atoms with Crippen LogP contribution < -0.4 is 15.4 Å². The SMILES string of the molecule is CC#CCN1C(=O)[C@@H](CC2(O)CCCCC2)NC(=O)C12CCN(Cc1ccc(Oc3ccc(C(=O)NC)cc3)cc1)CC2. The maximum Gasteiger partial charge on any atom is 0.251 e. The molecular formula is C34H42N4O5. The number of piperazine rings is 1. The number of likely N-dealkylation sites (tertiary alicyclic amines) is 1. The molecule has 1 spiro atoms. The molecule has 1 saturated carbocycles. The van der Waals surface area contributed by atoms with E-state index in [1.54, 1.807) is 43.1 Å². The molecule has 0 unspecified atom stereocenters. The van der Waals surface area contributed by atoms with Crippen molar-refractivity contribution in [2.24, 2.45) is 0 Å². The standard InChI is InChI=1S/C34H42N4O5/c1-3-4-20-38-31(40)29(23-33(42)16-6-5-7-17-33)36-32(41)34(38)18-21-37(22-19-34)24-25-8-12-27(13-9-25)43-28-14-10-26(11-15-28)30(39)35-2/h8-15,29,42H,5-7,16-24H2,1-2H3,(H,35,39)(H,36,41)/t29-/m1/s1. The summed E-state index contributed by atoms with van der Waals surface area (Å²) < 4.78 is 5.94. The molecule has 0 aromatic heterocycles. The van der Waals surface area contributed by atoms with Gasteiger partial charge < -0.3 is 25.4 Å². The predicted octanol–water partition coefficient (Wildman–Crippen LogP) is 3.61. The van der Waals surface area contributed by atoms with E-state index in [0.717, 1.165) is 31.4 Å². The minimum Gasteiger partial charge on any atom is -0.457 e. The molecule has 2 heterocycles. The zero-order chi connectivity index (χ0) is 30.5. The molecule has 9 heteroatoms. The fourth-order valence-electron chi connectivity index (χ4n) is 6.65. The number of hydrogen-bond donors (Lipinski definition) is 3. The van der Waals surface area contributed by atoms with Gasteiger partial charge in [0.05, 0.1) is 12.1 Å². The summed E-state index contributed by atoms with van der Waals surface area (Å²) in [6, 6.07) is 14.2. The maximum absolute atomic E-state index is 13.8. The van der Waals surface area contributed by atoms with Crippen LogP contribution in [-0.4, -0.2) is 76.5 Å². The highest BCUT2D eigenvalue weighted by Crippen LogP contribution is 2.37. The Morgan fingerprint density at radius 2 is 1.63 bits per heavy atom. The number of amides is 3. The van der Waals surface area contributed by atoms with E-state index in [1.165, 1.54) is 0 Å². The highest BCUT2D eigenvalue weighted by atomic mass is 16.5. The Kier molecular flexibility index (Phi) is 9.38. The fraction of sp³-hybridized carbons (Fsp3) is 0.500. The van der Waals surface area contributed by atoms with Crippen molar-refractivity contribution in [3.05, 3.63) is 59.7 Å². The van der Waals surface area contributed by atoms with Crippen molar-refractivity contribution in [2.75, 3.05) is 26.7 Å². The Bertz CT molecular complexity index is 1360. The van der Waals surface area contributed by atoms with Crippen LogP contribution in [-0.2, 0) is 16.1 Å². The summed E-state index contributed by atoms with van der Waals surface area (Å²) in [4.78, 5) is 43.2. The van der Waals surface area contributed by atoms with E-state index < -0.39 is 17.2 Å². The van der Waals surface area contributed by atoms with Crippen LogP contribution >= 0.6 is 0 Å². The Morgan fingerprint density at radius 3 is 2.23 bits per heavy atom. The van der Waals surface area contributed by atoms with Crippen molar-refractivity contribution in [3.8, 4) is 23.3 Å². The summed E-state index contributed by atoms with van der Waals surface area (Å²) >= 11 is 0. The second-order valence-corrected chi connectivity index (χ2v) is 12.0. The number of carbonyl (C=O) groups excluding carboxylic acids is 3.